The summed E-state index contributed by atoms with van der Waals surface area (Å²) < 4.78 is 5.33. The fourth-order valence-electron chi connectivity index (χ4n) is 2.52. The third-order valence-electron chi connectivity index (χ3n) is 3.62. The largest absolute Gasteiger partial charge is 0.481 e. The molecule has 2 aromatic heterocycles. The van der Waals surface area contributed by atoms with Crippen molar-refractivity contribution in [2.45, 2.75) is 19.4 Å². The minimum atomic E-state index is -0.932. The van der Waals surface area contributed by atoms with Gasteiger partial charge in [-0.2, -0.15) is 0 Å². The summed E-state index contributed by atoms with van der Waals surface area (Å²) in [6.45, 7) is 2.90. The molecule has 0 radical (unpaired) electrons. The van der Waals surface area contributed by atoms with Crippen LogP contribution >= 0.6 is 22.7 Å². The first-order valence-electron chi connectivity index (χ1n) is 7.18. The number of carboxylic acids is 1. The van der Waals surface area contributed by atoms with E-state index >= 15 is 0 Å². The van der Waals surface area contributed by atoms with Crippen molar-refractivity contribution in [2.75, 3.05) is 19.8 Å². The zero-order chi connectivity index (χ0) is 16.4. The minimum Gasteiger partial charge on any atom is -0.481 e. The van der Waals surface area contributed by atoms with Gasteiger partial charge in [0.2, 0.25) is 0 Å². The summed E-state index contributed by atoms with van der Waals surface area (Å²) in [5, 5.41) is 11.8. The van der Waals surface area contributed by atoms with E-state index in [9.17, 15) is 9.59 Å². The SMILES string of the molecule is Cc1nc(-c2cccs2)sc1C(=O)N1CCOCC1CC(=O)O. The summed E-state index contributed by atoms with van der Waals surface area (Å²) in [6, 6.07) is 3.49. The summed E-state index contributed by atoms with van der Waals surface area (Å²) in [7, 11) is 0. The summed E-state index contributed by atoms with van der Waals surface area (Å²) >= 11 is 2.94. The molecule has 3 rings (SSSR count). The van der Waals surface area contributed by atoms with E-state index in [1.807, 2.05) is 24.4 Å². The first-order chi connectivity index (χ1) is 11.1. The van der Waals surface area contributed by atoms with E-state index in [0.717, 1.165) is 9.88 Å². The van der Waals surface area contributed by atoms with E-state index in [1.165, 1.54) is 11.3 Å². The van der Waals surface area contributed by atoms with Gasteiger partial charge in [0.05, 0.1) is 36.2 Å². The van der Waals surface area contributed by atoms with Crippen LogP contribution in [0.5, 0.6) is 0 Å². The fraction of sp³-hybridized carbons (Fsp3) is 0.400. The highest BCUT2D eigenvalue weighted by Gasteiger charge is 2.31. The number of aliphatic carboxylic acids is 1. The first kappa shape index (κ1) is 16.1. The van der Waals surface area contributed by atoms with Crippen LogP contribution in [0, 0.1) is 6.92 Å². The molecular formula is C15H16N2O4S2. The Bertz CT molecular complexity index is 711. The van der Waals surface area contributed by atoms with Crippen molar-refractivity contribution in [3.8, 4) is 9.88 Å². The van der Waals surface area contributed by atoms with Gasteiger partial charge in [0, 0.05) is 6.54 Å². The van der Waals surface area contributed by atoms with Gasteiger partial charge >= 0.3 is 5.97 Å². The van der Waals surface area contributed by atoms with Crippen LogP contribution in [-0.2, 0) is 9.53 Å². The van der Waals surface area contributed by atoms with Gasteiger partial charge in [0.1, 0.15) is 9.88 Å². The van der Waals surface area contributed by atoms with Gasteiger partial charge in [-0.3, -0.25) is 9.59 Å². The molecule has 6 nitrogen and oxygen atoms in total. The van der Waals surface area contributed by atoms with Crippen LogP contribution in [0.1, 0.15) is 21.8 Å². The number of ether oxygens (including phenoxy) is 1. The molecule has 1 aliphatic heterocycles. The number of carbonyl (C=O) groups is 2. The molecule has 8 heteroatoms. The summed E-state index contributed by atoms with van der Waals surface area (Å²) in [4.78, 5) is 31.5. The predicted molar refractivity (Wildman–Crippen MR) is 88.1 cm³/mol. The van der Waals surface area contributed by atoms with Gasteiger partial charge < -0.3 is 14.7 Å². The van der Waals surface area contributed by atoms with Crippen LogP contribution < -0.4 is 0 Å². The Kier molecular flexibility index (Phi) is 4.74. The number of aryl methyl sites for hydroxylation is 1. The van der Waals surface area contributed by atoms with E-state index in [0.29, 0.717) is 23.7 Å². The Balaban J connectivity index is 1.85. The Hall–Kier alpha value is -1.77. The molecule has 1 saturated heterocycles. The maximum absolute atomic E-state index is 12.8. The number of hydrogen-bond donors (Lipinski definition) is 1. The van der Waals surface area contributed by atoms with Crippen molar-refractivity contribution in [1.29, 1.82) is 0 Å². The lowest BCUT2D eigenvalue weighted by Crippen LogP contribution is -2.49. The third-order valence-corrected chi connectivity index (χ3v) is 5.81. The van der Waals surface area contributed by atoms with Crippen LogP contribution in [-0.4, -0.2) is 52.7 Å². The van der Waals surface area contributed by atoms with Crippen LogP contribution in [0.15, 0.2) is 17.5 Å². The van der Waals surface area contributed by atoms with Gasteiger partial charge in [-0.25, -0.2) is 4.98 Å². The molecule has 23 heavy (non-hydrogen) atoms. The molecule has 0 saturated carbocycles. The Morgan fingerprint density at radius 3 is 3.04 bits per heavy atom. The quantitative estimate of drug-likeness (QED) is 0.914. The average Bonchev–Trinajstić information content (AvgIpc) is 3.15. The summed E-state index contributed by atoms with van der Waals surface area (Å²) in [5.74, 6) is -1.09. The van der Waals surface area contributed by atoms with Crippen molar-refractivity contribution in [3.05, 3.63) is 28.1 Å². The molecule has 1 unspecified atom stereocenters. The van der Waals surface area contributed by atoms with Crippen molar-refractivity contribution in [3.63, 3.8) is 0 Å². The van der Waals surface area contributed by atoms with E-state index in [1.54, 1.807) is 16.2 Å². The highest BCUT2D eigenvalue weighted by Crippen LogP contribution is 2.32. The number of morpholine rings is 1. The van der Waals surface area contributed by atoms with Crippen molar-refractivity contribution in [1.82, 2.24) is 9.88 Å². The maximum Gasteiger partial charge on any atom is 0.305 e. The second-order valence-corrected chi connectivity index (χ2v) is 7.18. The minimum absolute atomic E-state index is 0.110. The number of carbonyl (C=O) groups excluding carboxylic acids is 1. The molecule has 0 aromatic carbocycles. The number of carboxylic acid groups (broad SMARTS) is 1. The molecule has 0 aliphatic carbocycles. The number of nitrogens with zero attached hydrogens (tertiary/aromatic N) is 2. The van der Waals surface area contributed by atoms with E-state index in [2.05, 4.69) is 4.98 Å². The van der Waals surface area contributed by atoms with Gasteiger partial charge in [0.15, 0.2) is 0 Å². The van der Waals surface area contributed by atoms with Gasteiger partial charge in [0.25, 0.3) is 5.91 Å². The Morgan fingerprint density at radius 2 is 2.35 bits per heavy atom. The van der Waals surface area contributed by atoms with Crippen molar-refractivity contribution < 1.29 is 19.4 Å². The van der Waals surface area contributed by atoms with Crippen LogP contribution in [0.25, 0.3) is 9.88 Å². The lowest BCUT2D eigenvalue weighted by atomic mass is 10.1. The molecule has 1 atom stereocenters. The number of thiazole rings is 1. The van der Waals surface area contributed by atoms with E-state index in [4.69, 9.17) is 9.84 Å². The lowest BCUT2D eigenvalue weighted by Gasteiger charge is -2.34. The molecule has 1 amide bonds. The Morgan fingerprint density at radius 1 is 1.52 bits per heavy atom. The second-order valence-electron chi connectivity index (χ2n) is 5.24. The lowest BCUT2D eigenvalue weighted by molar-refractivity contribution is -0.139. The molecule has 122 valence electrons. The van der Waals surface area contributed by atoms with E-state index in [-0.39, 0.29) is 18.9 Å². The highest BCUT2D eigenvalue weighted by molar-refractivity contribution is 7.22. The Labute approximate surface area is 141 Å². The molecule has 0 spiro atoms. The normalized spacial score (nSPS) is 18.1. The monoisotopic (exact) mass is 352 g/mol. The molecule has 0 bridgehead atoms. The smallest absolute Gasteiger partial charge is 0.305 e. The third kappa shape index (κ3) is 3.44. The number of aromatic nitrogens is 1. The predicted octanol–water partition coefficient (Wildman–Crippen LogP) is 2.50. The fourth-order valence-corrected chi connectivity index (χ4v) is 4.34. The van der Waals surface area contributed by atoms with Crippen LogP contribution in [0.4, 0.5) is 0 Å². The summed E-state index contributed by atoms with van der Waals surface area (Å²) in [5.41, 5.74) is 0.684. The van der Waals surface area contributed by atoms with Gasteiger partial charge in [-0.1, -0.05) is 6.07 Å². The second kappa shape index (κ2) is 6.77. The topological polar surface area (TPSA) is 79.7 Å². The molecule has 2 aromatic rings. The van der Waals surface area contributed by atoms with Gasteiger partial charge in [-0.15, -0.1) is 22.7 Å². The van der Waals surface area contributed by atoms with Crippen LogP contribution in [0.2, 0.25) is 0 Å². The first-order valence-corrected chi connectivity index (χ1v) is 8.87. The van der Waals surface area contributed by atoms with Crippen molar-refractivity contribution in [2.24, 2.45) is 0 Å². The molecule has 1 N–H and O–H groups in total. The summed E-state index contributed by atoms with van der Waals surface area (Å²) in [6.07, 6.45) is -0.110. The number of thiophene rings is 1. The number of rotatable bonds is 4. The maximum atomic E-state index is 12.8. The molecule has 1 fully saturated rings. The highest BCUT2D eigenvalue weighted by atomic mass is 32.1. The number of hydrogen-bond acceptors (Lipinski definition) is 6. The number of amides is 1. The van der Waals surface area contributed by atoms with E-state index < -0.39 is 12.0 Å². The zero-order valence-electron chi connectivity index (χ0n) is 12.5. The molecule has 1 aliphatic rings. The van der Waals surface area contributed by atoms with Gasteiger partial charge in [-0.05, 0) is 18.4 Å². The van der Waals surface area contributed by atoms with Crippen LogP contribution in [0.3, 0.4) is 0 Å². The molecular weight excluding hydrogens is 336 g/mol. The zero-order valence-corrected chi connectivity index (χ0v) is 14.2. The van der Waals surface area contributed by atoms with Crippen molar-refractivity contribution >= 4 is 34.6 Å². The average molecular weight is 352 g/mol. The molecule has 3 heterocycles. The standard InChI is InChI=1S/C15H16N2O4S2/c1-9-13(23-14(16-9)11-3-2-6-22-11)15(20)17-4-5-21-8-10(17)7-12(18)19/h2-3,6,10H,4-5,7-8H2,1H3,(H,18,19).